The highest BCUT2D eigenvalue weighted by molar-refractivity contribution is 9.09. The number of ether oxygens (including phenoxy) is 1. The minimum atomic E-state index is -0.499. The highest BCUT2D eigenvalue weighted by atomic mass is 79.9. The molecule has 0 aliphatic carbocycles. The summed E-state index contributed by atoms with van der Waals surface area (Å²) in [7, 11) is 0. The highest BCUT2D eigenvalue weighted by Crippen LogP contribution is 2.16. The molecule has 1 aromatic rings. The molecule has 1 aromatic carbocycles. The van der Waals surface area contributed by atoms with Crippen molar-refractivity contribution in [1.82, 2.24) is 5.32 Å². The number of carbonyl (C=O) groups excluding carboxylic acids is 2. The predicted molar refractivity (Wildman–Crippen MR) is 73.0 cm³/mol. The van der Waals surface area contributed by atoms with E-state index in [4.69, 9.17) is 4.74 Å². The van der Waals surface area contributed by atoms with Crippen LogP contribution in [0.3, 0.4) is 0 Å². The summed E-state index contributed by atoms with van der Waals surface area (Å²) < 4.78 is 4.77. The Bertz CT molecular complexity index is 394. The van der Waals surface area contributed by atoms with E-state index >= 15 is 0 Å². The molecular weight excluding hydrogens is 298 g/mol. The van der Waals surface area contributed by atoms with Crippen molar-refractivity contribution in [2.75, 3.05) is 18.5 Å². The lowest BCUT2D eigenvalue weighted by Gasteiger charge is -2.15. The molecule has 0 bridgehead atoms. The molecule has 0 heterocycles. The summed E-state index contributed by atoms with van der Waals surface area (Å²) in [6.07, 6.45) is -0.499. The van der Waals surface area contributed by atoms with E-state index in [1.54, 1.807) is 6.92 Å². The van der Waals surface area contributed by atoms with E-state index in [1.165, 1.54) is 0 Å². The van der Waals surface area contributed by atoms with Crippen LogP contribution in [0.4, 0.5) is 4.79 Å². The first-order chi connectivity index (χ1) is 8.69. The first kappa shape index (κ1) is 14.7. The van der Waals surface area contributed by atoms with Crippen LogP contribution in [-0.2, 0) is 9.53 Å². The van der Waals surface area contributed by atoms with Gasteiger partial charge in [-0.1, -0.05) is 46.3 Å². The quantitative estimate of drug-likeness (QED) is 0.821. The van der Waals surface area contributed by atoms with Gasteiger partial charge < -0.3 is 10.1 Å². The van der Waals surface area contributed by atoms with Gasteiger partial charge in [0.15, 0.2) is 5.78 Å². The predicted octanol–water partition coefficient (Wildman–Crippen LogP) is 2.48. The third kappa shape index (κ3) is 4.49. The van der Waals surface area contributed by atoms with Crippen molar-refractivity contribution in [2.45, 2.75) is 12.8 Å². The number of carbonyl (C=O) groups is 2. The Morgan fingerprint density at radius 2 is 2.00 bits per heavy atom. The Morgan fingerprint density at radius 3 is 2.56 bits per heavy atom. The summed E-state index contributed by atoms with van der Waals surface area (Å²) in [5, 5.41) is 2.86. The van der Waals surface area contributed by atoms with Gasteiger partial charge in [0.05, 0.1) is 17.9 Å². The molecule has 0 saturated heterocycles. The molecule has 5 heteroatoms. The van der Waals surface area contributed by atoms with Crippen molar-refractivity contribution in [2.24, 2.45) is 0 Å². The maximum atomic E-state index is 11.8. The van der Waals surface area contributed by atoms with Crippen molar-refractivity contribution in [3.8, 4) is 0 Å². The molecule has 0 spiro atoms. The van der Waals surface area contributed by atoms with Crippen LogP contribution in [-0.4, -0.2) is 30.4 Å². The fourth-order valence-electron chi connectivity index (χ4n) is 1.56. The van der Waals surface area contributed by atoms with Crippen LogP contribution in [0.25, 0.3) is 0 Å². The van der Waals surface area contributed by atoms with Crippen LogP contribution in [0.15, 0.2) is 30.3 Å². The normalized spacial score (nSPS) is 11.7. The van der Waals surface area contributed by atoms with Crippen LogP contribution in [0.1, 0.15) is 18.4 Å². The second kappa shape index (κ2) is 7.87. The largest absolute Gasteiger partial charge is 0.450 e. The number of halogens is 1. The van der Waals surface area contributed by atoms with E-state index in [2.05, 4.69) is 21.2 Å². The maximum absolute atomic E-state index is 11.8. The molecule has 0 radical (unpaired) electrons. The third-order valence-electron chi connectivity index (χ3n) is 2.45. The summed E-state index contributed by atoms with van der Waals surface area (Å²) >= 11 is 3.16. The molecule has 98 valence electrons. The molecule has 1 rings (SSSR count). The average molecular weight is 314 g/mol. The summed E-state index contributed by atoms with van der Waals surface area (Å²) in [6.45, 7) is 2.29. The third-order valence-corrected chi connectivity index (χ3v) is 3.00. The Hall–Kier alpha value is -1.36. The number of alkyl halides is 1. The molecule has 1 amide bonds. The van der Waals surface area contributed by atoms with Gasteiger partial charge in [-0.3, -0.25) is 4.79 Å². The van der Waals surface area contributed by atoms with Gasteiger partial charge in [-0.2, -0.15) is 0 Å². The lowest BCUT2D eigenvalue weighted by molar-refractivity contribution is -0.117. The Balaban J connectivity index is 2.69. The lowest BCUT2D eigenvalue weighted by Crippen LogP contribution is -2.32. The average Bonchev–Trinajstić information content (AvgIpc) is 2.40. The zero-order valence-electron chi connectivity index (χ0n) is 10.2. The van der Waals surface area contributed by atoms with E-state index in [1.807, 2.05) is 30.3 Å². The second-order valence-corrected chi connectivity index (χ2v) is 4.23. The SMILES string of the molecule is CCOC(=O)NCC(C(=O)CBr)c1ccccc1. The number of ketones is 1. The summed E-state index contributed by atoms with van der Waals surface area (Å²) in [5.74, 6) is -0.326. The Kier molecular flexibility index (Phi) is 6.43. The number of amides is 1. The van der Waals surface area contributed by atoms with E-state index in [0.717, 1.165) is 5.56 Å². The van der Waals surface area contributed by atoms with Gasteiger partial charge in [0, 0.05) is 6.54 Å². The first-order valence-corrected chi connectivity index (χ1v) is 6.85. The highest BCUT2D eigenvalue weighted by Gasteiger charge is 2.20. The van der Waals surface area contributed by atoms with Crippen LogP contribution in [0.5, 0.6) is 0 Å². The fourth-order valence-corrected chi connectivity index (χ4v) is 1.95. The molecule has 0 saturated carbocycles. The van der Waals surface area contributed by atoms with Crippen molar-refractivity contribution < 1.29 is 14.3 Å². The van der Waals surface area contributed by atoms with Gasteiger partial charge >= 0.3 is 6.09 Å². The van der Waals surface area contributed by atoms with E-state index < -0.39 is 6.09 Å². The topological polar surface area (TPSA) is 55.4 Å². The lowest BCUT2D eigenvalue weighted by atomic mass is 9.95. The molecule has 1 N–H and O–H groups in total. The first-order valence-electron chi connectivity index (χ1n) is 5.73. The van der Waals surface area contributed by atoms with Crippen LogP contribution in [0, 0.1) is 0 Å². The van der Waals surface area contributed by atoms with Gasteiger partial charge in [-0.05, 0) is 12.5 Å². The molecule has 4 nitrogen and oxygen atoms in total. The number of hydrogen-bond acceptors (Lipinski definition) is 3. The van der Waals surface area contributed by atoms with E-state index in [9.17, 15) is 9.59 Å². The number of benzene rings is 1. The number of alkyl carbamates (subject to hydrolysis) is 1. The van der Waals surface area contributed by atoms with Crippen molar-refractivity contribution in [3.63, 3.8) is 0 Å². The van der Waals surface area contributed by atoms with Gasteiger partial charge in [0.25, 0.3) is 0 Å². The van der Waals surface area contributed by atoms with Gasteiger partial charge in [0.1, 0.15) is 0 Å². The molecule has 0 aliphatic rings. The van der Waals surface area contributed by atoms with Gasteiger partial charge in [-0.25, -0.2) is 4.79 Å². The van der Waals surface area contributed by atoms with Crippen molar-refractivity contribution in [1.29, 1.82) is 0 Å². The zero-order valence-corrected chi connectivity index (χ0v) is 11.8. The van der Waals surface area contributed by atoms with E-state index in [-0.39, 0.29) is 23.6 Å². The smallest absolute Gasteiger partial charge is 0.407 e. The summed E-state index contributed by atoms with van der Waals surface area (Å²) in [6, 6.07) is 9.37. The molecule has 0 aliphatic heterocycles. The molecule has 0 aromatic heterocycles. The van der Waals surface area contributed by atoms with Gasteiger partial charge in [0.2, 0.25) is 0 Å². The minimum Gasteiger partial charge on any atom is -0.450 e. The molecule has 1 unspecified atom stereocenters. The van der Waals surface area contributed by atoms with Crippen molar-refractivity contribution in [3.05, 3.63) is 35.9 Å². The fraction of sp³-hybridized carbons (Fsp3) is 0.385. The zero-order chi connectivity index (χ0) is 13.4. The molecular formula is C13H16BrNO3. The molecule has 1 atom stereocenters. The minimum absolute atomic E-state index is 0.0259. The number of rotatable bonds is 6. The Morgan fingerprint density at radius 1 is 1.33 bits per heavy atom. The van der Waals surface area contributed by atoms with Crippen LogP contribution in [0.2, 0.25) is 0 Å². The number of hydrogen-bond donors (Lipinski definition) is 1. The second-order valence-electron chi connectivity index (χ2n) is 3.66. The summed E-state index contributed by atoms with van der Waals surface area (Å²) in [4.78, 5) is 23.1. The standard InChI is InChI=1S/C13H16BrNO3/c1-2-18-13(17)15-9-11(12(16)8-14)10-6-4-3-5-7-10/h3-7,11H,2,8-9H2,1H3,(H,15,17). The van der Waals surface area contributed by atoms with Crippen LogP contribution >= 0.6 is 15.9 Å². The summed E-state index contributed by atoms with van der Waals surface area (Å²) in [5.41, 5.74) is 0.888. The van der Waals surface area contributed by atoms with Crippen LogP contribution < -0.4 is 5.32 Å². The molecule has 0 fully saturated rings. The Labute approximate surface area is 115 Å². The number of nitrogens with one attached hydrogen (secondary N) is 1. The maximum Gasteiger partial charge on any atom is 0.407 e. The van der Waals surface area contributed by atoms with Gasteiger partial charge in [-0.15, -0.1) is 0 Å². The number of Topliss-reactive ketones (excluding diaryl/α,β-unsaturated/α-hetero) is 1. The van der Waals surface area contributed by atoms with E-state index in [0.29, 0.717) is 6.61 Å². The van der Waals surface area contributed by atoms with Crippen molar-refractivity contribution >= 4 is 27.8 Å². The monoisotopic (exact) mass is 313 g/mol. The molecule has 18 heavy (non-hydrogen) atoms.